The third kappa shape index (κ3) is 4.85. The monoisotopic (exact) mass is 909 g/mol. The van der Waals surface area contributed by atoms with Crippen molar-refractivity contribution in [3.05, 3.63) is 281 Å². The van der Waals surface area contributed by atoms with Crippen LogP contribution < -0.4 is 9.64 Å². The summed E-state index contributed by atoms with van der Waals surface area (Å²) in [6, 6.07) is 87.4. The summed E-state index contributed by atoms with van der Waals surface area (Å²) in [5.74, 6) is 1.73. The molecule has 0 atom stereocenters. The minimum atomic E-state index is -0.673. The molecule has 3 nitrogen and oxygen atoms in total. The first-order valence-corrected chi connectivity index (χ1v) is 24.9. The fourth-order valence-corrected chi connectivity index (χ4v) is 14.2. The molecule has 1 aromatic heterocycles. The number of para-hydroxylation sites is 1. The zero-order valence-electron chi connectivity index (χ0n) is 37.7. The molecule has 0 N–H and O–H groups in total. The second-order valence-electron chi connectivity index (χ2n) is 19.0. The van der Waals surface area contributed by atoms with Gasteiger partial charge in [-0.3, -0.25) is 0 Å². The van der Waals surface area contributed by atoms with Crippen LogP contribution in [0, 0.1) is 0 Å². The van der Waals surface area contributed by atoms with E-state index in [0.717, 1.165) is 67.0 Å². The van der Waals surface area contributed by atoms with E-state index < -0.39 is 10.8 Å². The fraction of sp³-hybridized carbons (Fsp3) is 0.0303. The Bertz CT molecular complexity index is 4150. The van der Waals surface area contributed by atoms with Crippen LogP contribution in [0.3, 0.4) is 0 Å². The second-order valence-corrected chi connectivity index (χ2v) is 20.1. The predicted molar refractivity (Wildman–Crippen MR) is 285 cm³/mol. The van der Waals surface area contributed by atoms with Crippen LogP contribution in [0.15, 0.2) is 251 Å². The highest BCUT2D eigenvalue weighted by molar-refractivity contribution is 7.99. The molecule has 11 aromatic carbocycles. The van der Waals surface area contributed by atoms with Crippen LogP contribution in [0.4, 0.5) is 17.1 Å². The van der Waals surface area contributed by atoms with Gasteiger partial charge in [0, 0.05) is 37.7 Å². The molecule has 2 aliphatic carbocycles. The summed E-state index contributed by atoms with van der Waals surface area (Å²) in [7, 11) is 0. The first kappa shape index (κ1) is 38.4. The molecule has 4 heteroatoms. The Hall–Kier alpha value is -8.57. The molecule has 2 aliphatic heterocycles. The number of anilines is 3. The van der Waals surface area contributed by atoms with Gasteiger partial charge < -0.3 is 14.1 Å². The average molecular weight is 910 g/mol. The number of benzene rings is 11. The zero-order chi connectivity index (χ0) is 45.7. The van der Waals surface area contributed by atoms with Gasteiger partial charge in [0.1, 0.15) is 22.7 Å². The third-order valence-electron chi connectivity index (χ3n) is 15.8. The molecular weight excluding hydrogens is 871 g/mol. The van der Waals surface area contributed by atoms with Crippen molar-refractivity contribution >= 4 is 61.5 Å². The summed E-state index contributed by atoms with van der Waals surface area (Å²) in [4.78, 5) is 5.01. The molecule has 326 valence electrons. The van der Waals surface area contributed by atoms with Crippen LogP contribution in [0.5, 0.6) is 11.5 Å². The molecule has 3 heterocycles. The molecule has 0 unspecified atom stereocenters. The molecule has 0 amide bonds. The van der Waals surface area contributed by atoms with Gasteiger partial charge in [-0.15, -0.1) is 0 Å². The van der Waals surface area contributed by atoms with Gasteiger partial charge in [0.05, 0.1) is 21.9 Å². The summed E-state index contributed by atoms with van der Waals surface area (Å²) >= 11 is 1.87. The summed E-state index contributed by atoms with van der Waals surface area (Å²) in [6.45, 7) is 0. The van der Waals surface area contributed by atoms with Gasteiger partial charge in [-0.05, 0) is 139 Å². The Balaban J connectivity index is 1.01. The van der Waals surface area contributed by atoms with Crippen molar-refractivity contribution in [2.24, 2.45) is 0 Å². The van der Waals surface area contributed by atoms with E-state index in [4.69, 9.17) is 9.15 Å². The lowest BCUT2D eigenvalue weighted by atomic mass is 9.65. The predicted octanol–water partition coefficient (Wildman–Crippen LogP) is 17.5. The van der Waals surface area contributed by atoms with E-state index in [-0.39, 0.29) is 0 Å². The minimum Gasteiger partial charge on any atom is -0.457 e. The van der Waals surface area contributed by atoms with Gasteiger partial charge >= 0.3 is 0 Å². The summed E-state index contributed by atoms with van der Waals surface area (Å²) < 4.78 is 13.8. The minimum absolute atomic E-state index is 0.544. The maximum Gasteiger partial charge on any atom is 0.137 e. The third-order valence-corrected chi connectivity index (χ3v) is 16.9. The van der Waals surface area contributed by atoms with Crippen molar-refractivity contribution in [2.75, 3.05) is 4.90 Å². The number of ether oxygens (including phenoxy) is 1. The van der Waals surface area contributed by atoms with Crippen molar-refractivity contribution in [1.29, 1.82) is 0 Å². The molecule has 4 aliphatic rings. The van der Waals surface area contributed by atoms with E-state index in [1.54, 1.807) is 0 Å². The standard InChI is InChI=1S/C66H39NO2S/c1-2-17-41-37-61-54(36-40(41)16-1)66(51-25-10-5-20-46(51)47-21-6-11-26-52(47)66)55-38-42(32-34-59(55)69-61)67(57-28-15-30-60-64(57)48-22-7-13-29-58(48)68-60)43-33-35-63-56(39-43)65(53-27-12-14-31-62(53)70-63)49-23-8-3-18-44(49)45-19-4-9-24-50(45)65/h1-39H. The average Bonchev–Trinajstić information content (AvgIpc) is 4.05. The van der Waals surface area contributed by atoms with Crippen molar-refractivity contribution in [3.8, 4) is 33.8 Å². The van der Waals surface area contributed by atoms with E-state index in [0.29, 0.717) is 0 Å². The highest BCUT2D eigenvalue weighted by Crippen LogP contribution is 2.65. The van der Waals surface area contributed by atoms with Crippen LogP contribution in [-0.4, -0.2) is 0 Å². The van der Waals surface area contributed by atoms with E-state index in [2.05, 4.69) is 241 Å². The number of fused-ring (bicyclic) bond motifs is 22. The maximum atomic E-state index is 7.17. The van der Waals surface area contributed by atoms with Gasteiger partial charge in [-0.1, -0.05) is 176 Å². The van der Waals surface area contributed by atoms with Crippen LogP contribution >= 0.6 is 11.8 Å². The van der Waals surface area contributed by atoms with Crippen molar-refractivity contribution in [1.82, 2.24) is 0 Å². The Morgan fingerprint density at radius 1 is 0.343 bits per heavy atom. The topological polar surface area (TPSA) is 25.6 Å². The van der Waals surface area contributed by atoms with Gasteiger partial charge in [0.15, 0.2) is 0 Å². The Morgan fingerprint density at radius 3 is 1.53 bits per heavy atom. The molecule has 70 heavy (non-hydrogen) atoms. The summed E-state index contributed by atoms with van der Waals surface area (Å²) in [5.41, 5.74) is 18.7. The molecule has 0 saturated heterocycles. The van der Waals surface area contributed by atoms with Crippen LogP contribution in [0.25, 0.3) is 55.0 Å². The van der Waals surface area contributed by atoms with Crippen molar-refractivity contribution in [3.63, 3.8) is 0 Å². The first-order chi connectivity index (χ1) is 34.7. The lowest BCUT2D eigenvalue weighted by Crippen LogP contribution is -2.32. The maximum absolute atomic E-state index is 7.17. The van der Waals surface area contributed by atoms with Crippen molar-refractivity contribution in [2.45, 2.75) is 20.6 Å². The van der Waals surface area contributed by atoms with Crippen molar-refractivity contribution < 1.29 is 9.15 Å². The molecule has 0 fully saturated rings. The Morgan fingerprint density at radius 2 is 0.843 bits per heavy atom. The van der Waals surface area contributed by atoms with Gasteiger partial charge in [0.2, 0.25) is 0 Å². The number of hydrogen-bond acceptors (Lipinski definition) is 4. The molecule has 0 radical (unpaired) electrons. The molecule has 2 spiro atoms. The highest BCUT2D eigenvalue weighted by atomic mass is 32.2. The first-order valence-electron chi connectivity index (χ1n) is 24.1. The lowest BCUT2D eigenvalue weighted by molar-refractivity contribution is 0.437. The van der Waals surface area contributed by atoms with E-state index in [1.165, 1.54) is 70.8 Å². The normalized spacial score (nSPS) is 14.6. The summed E-state index contributed by atoms with van der Waals surface area (Å²) in [5, 5.41) is 4.48. The quantitative estimate of drug-likeness (QED) is 0.176. The largest absolute Gasteiger partial charge is 0.457 e. The molecule has 0 saturated carbocycles. The molecule has 0 bridgehead atoms. The fourth-order valence-electron chi connectivity index (χ4n) is 13.1. The highest BCUT2D eigenvalue weighted by Gasteiger charge is 2.53. The SMILES string of the molecule is c1ccc2c(c1)Sc1ccc(N(c3ccc4c(c3)C3(c5cc6ccccc6cc5O4)c4ccccc4-c4ccccc43)c3cccc4oc5ccccc5c34)cc1C21c2ccccc2-c2ccccc21. The van der Waals surface area contributed by atoms with E-state index in [9.17, 15) is 0 Å². The van der Waals surface area contributed by atoms with E-state index in [1.807, 2.05) is 11.8 Å². The van der Waals surface area contributed by atoms with Gasteiger partial charge in [-0.25, -0.2) is 0 Å². The van der Waals surface area contributed by atoms with Crippen LogP contribution in [0.1, 0.15) is 44.5 Å². The zero-order valence-corrected chi connectivity index (χ0v) is 38.5. The van der Waals surface area contributed by atoms with Gasteiger partial charge in [0.25, 0.3) is 0 Å². The second kappa shape index (κ2) is 14.0. The Kier molecular flexibility index (Phi) is 7.69. The smallest absolute Gasteiger partial charge is 0.137 e. The van der Waals surface area contributed by atoms with Gasteiger partial charge in [-0.2, -0.15) is 0 Å². The number of nitrogens with zero attached hydrogens (tertiary/aromatic N) is 1. The number of hydrogen-bond donors (Lipinski definition) is 0. The summed E-state index contributed by atoms with van der Waals surface area (Å²) in [6.07, 6.45) is 0. The lowest BCUT2D eigenvalue weighted by Gasteiger charge is -2.41. The van der Waals surface area contributed by atoms with E-state index >= 15 is 0 Å². The number of rotatable bonds is 3. The van der Waals surface area contributed by atoms with Crippen LogP contribution in [-0.2, 0) is 10.8 Å². The molecule has 16 rings (SSSR count). The Labute approximate surface area is 408 Å². The number of furan rings is 1. The molecular formula is C66H39NO2S. The molecule has 12 aromatic rings. The van der Waals surface area contributed by atoms with Crippen LogP contribution in [0.2, 0.25) is 0 Å².